The van der Waals surface area contributed by atoms with E-state index in [9.17, 15) is 29.4 Å². The van der Waals surface area contributed by atoms with Crippen LogP contribution in [0, 0.1) is 29.6 Å². The smallest absolute Gasteiger partial charge is 0.329 e. The number of cyclic esters (lactones) is 1. The Morgan fingerprint density at radius 2 is 1.61 bits per heavy atom. The second-order valence-electron chi connectivity index (χ2n) is 24.1. The number of benzene rings is 1. The molecule has 2 bridgehead atoms. The van der Waals surface area contributed by atoms with E-state index in [1.165, 1.54) is 4.90 Å². The third kappa shape index (κ3) is 14.5. The van der Waals surface area contributed by atoms with Gasteiger partial charge < -0.3 is 52.9 Å². The van der Waals surface area contributed by atoms with Gasteiger partial charge in [0.05, 0.1) is 24.4 Å². The van der Waals surface area contributed by atoms with Crippen molar-refractivity contribution in [3.8, 4) is 5.75 Å². The molecule has 1 amide bonds. The van der Waals surface area contributed by atoms with Crippen LogP contribution in [0.3, 0.4) is 0 Å². The Hall–Kier alpha value is -3.74. The molecule has 4 aliphatic rings. The monoisotopic (exact) mass is 1060 g/mol. The fourth-order valence-electron chi connectivity index (χ4n) is 11.7. The normalized spacial score (nSPS) is 34.6. The number of amides is 1. The molecule has 15 nitrogen and oxygen atoms in total. The Bertz CT molecular complexity index is 2340. The van der Waals surface area contributed by atoms with Gasteiger partial charge in [-0.05, 0) is 138 Å². The average molecular weight is 1070 g/mol. The molecule has 3 N–H and O–H groups in total. The summed E-state index contributed by atoms with van der Waals surface area (Å²) in [5, 5.41) is 25.4. The zero-order chi connectivity index (χ0) is 55.2. The number of aliphatic hydroxyl groups excluding tert-OH is 1. The van der Waals surface area contributed by atoms with E-state index in [2.05, 4.69) is 64.0 Å². The standard InChI is InChI=1S/C59H92N2O13Si/c1-15-41-27-35(2)26-36(3)28-51(69-11)54-52(70-12)30-38(5)59(67,74-54)55(64)56(65)61-24-17-16-18-46(61)57(66)73-53(39(6)47(62)34-48(41)63)37(4)29-40-19-22-49(50(31-40)68-10)72-44-20-21-45-42(33-44)32-43(60-45)23-25-71-75(13,14)58(7,8)9/h20-21,27,29,32-33,36,38-41,46-47,49-54,60,62,67H,15-19,22-26,28,30-31,34H2,1-14H3/b35-27+,37-29?. The quantitative estimate of drug-likeness (QED) is 0.0789. The molecule has 3 aliphatic heterocycles. The van der Waals surface area contributed by atoms with Crippen molar-refractivity contribution in [2.24, 2.45) is 29.6 Å². The number of nitrogens with one attached hydrogen (secondary N) is 1. The Morgan fingerprint density at radius 3 is 2.28 bits per heavy atom. The van der Waals surface area contributed by atoms with Gasteiger partial charge in [-0.15, -0.1) is 0 Å². The van der Waals surface area contributed by atoms with Gasteiger partial charge in [-0.3, -0.25) is 14.4 Å². The Labute approximate surface area is 448 Å². The first-order chi connectivity index (χ1) is 35.3. The zero-order valence-corrected chi connectivity index (χ0v) is 48.7. The summed E-state index contributed by atoms with van der Waals surface area (Å²) in [4.78, 5) is 62.4. The number of hydrogen-bond donors (Lipinski definition) is 3. The first-order valence-electron chi connectivity index (χ1n) is 27.9. The molecular formula is C59H92N2O13Si. The van der Waals surface area contributed by atoms with Gasteiger partial charge in [0, 0.05) is 81.7 Å². The van der Waals surface area contributed by atoms with Gasteiger partial charge in [-0.25, -0.2) is 4.79 Å². The van der Waals surface area contributed by atoms with Crippen molar-refractivity contribution in [2.75, 3.05) is 34.5 Å². The number of hydrogen-bond acceptors (Lipinski definition) is 13. The van der Waals surface area contributed by atoms with Crippen molar-refractivity contribution >= 4 is 42.7 Å². The largest absolute Gasteiger partial charge is 0.488 e. The van der Waals surface area contributed by atoms with Crippen LogP contribution in [0.2, 0.25) is 18.1 Å². The number of methoxy groups -OCH3 is 3. The van der Waals surface area contributed by atoms with Crippen LogP contribution in [-0.2, 0) is 53.7 Å². The summed E-state index contributed by atoms with van der Waals surface area (Å²) in [6.45, 7) is 23.3. The third-order valence-corrected chi connectivity index (χ3v) is 22.0. The highest BCUT2D eigenvalue weighted by Crippen LogP contribution is 2.41. The molecule has 0 spiro atoms. The molecule has 0 radical (unpaired) electrons. The lowest BCUT2D eigenvalue weighted by Crippen LogP contribution is -2.64. The molecule has 14 atom stereocenters. The Balaban J connectivity index is 1.24. The second-order valence-corrected chi connectivity index (χ2v) is 29.0. The Kier molecular flexibility index (Phi) is 20.8. The van der Waals surface area contributed by atoms with Crippen LogP contribution in [0.15, 0.2) is 47.6 Å². The summed E-state index contributed by atoms with van der Waals surface area (Å²) in [6.07, 6.45) is 5.25. The molecule has 3 fully saturated rings. The van der Waals surface area contributed by atoms with Crippen LogP contribution in [0.1, 0.15) is 139 Å². The number of aromatic nitrogens is 1. The highest BCUT2D eigenvalue weighted by atomic mass is 28.4. The molecular weight excluding hydrogens is 973 g/mol. The summed E-state index contributed by atoms with van der Waals surface area (Å²) in [6, 6.07) is 7.12. The first kappa shape index (κ1) is 60.5. The lowest BCUT2D eigenvalue weighted by atomic mass is 9.81. The van der Waals surface area contributed by atoms with Gasteiger partial charge in [0.2, 0.25) is 5.79 Å². The number of aliphatic hydroxyl groups is 2. The van der Waals surface area contributed by atoms with Crippen LogP contribution < -0.4 is 4.74 Å². The van der Waals surface area contributed by atoms with Gasteiger partial charge in [0.15, 0.2) is 8.32 Å². The van der Waals surface area contributed by atoms with Gasteiger partial charge >= 0.3 is 5.97 Å². The average Bonchev–Trinajstić information content (AvgIpc) is 3.78. The van der Waals surface area contributed by atoms with Crippen molar-refractivity contribution in [3.63, 3.8) is 0 Å². The Morgan fingerprint density at radius 1 is 0.920 bits per heavy atom. The summed E-state index contributed by atoms with van der Waals surface area (Å²) in [5.41, 5.74) is 3.83. The van der Waals surface area contributed by atoms with Crippen LogP contribution >= 0.6 is 0 Å². The molecule has 14 unspecified atom stereocenters. The van der Waals surface area contributed by atoms with Crippen molar-refractivity contribution in [3.05, 3.63) is 53.3 Å². The SMILES string of the molecule is CCC1/C=C(\C)CC(C)CC(OC)C2OC(O)(C(=O)C(=O)N3CCCCC3C(=O)OC(C(C)=CC3CCC(Oc4ccc5[nH]c(CCO[Si](C)(C)C(C)(C)C)cc5c4)C(OC)C3)C(C)C(O)CC1=O)C(C)CC2OC. The number of ether oxygens (including phenoxy) is 6. The van der Waals surface area contributed by atoms with E-state index in [0.717, 1.165) is 40.8 Å². The lowest BCUT2D eigenvalue weighted by molar-refractivity contribution is -0.302. The third-order valence-electron chi connectivity index (χ3n) is 17.4. The number of allylic oxidation sites excluding steroid dienone is 3. The number of carbonyl (C=O) groups is 4. The molecule has 1 saturated carbocycles. The molecule has 2 aromatic rings. The van der Waals surface area contributed by atoms with Gasteiger partial charge in [0.25, 0.3) is 11.7 Å². The minimum atomic E-state index is -2.52. The van der Waals surface area contributed by atoms with Gasteiger partial charge in [-0.1, -0.05) is 66.2 Å². The first-order valence-corrected chi connectivity index (χ1v) is 30.8. The summed E-state index contributed by atoms with van der Waals surface area (Å²) >= 11 is 0. The molecule has 420 valence electrons. The highest BCUT2D eigenvalue weighted by Gasteiger charge is 2.57. The maximum atomic E-state index is 14.7. The number of nitrogens with zero attached hydrogens (tertiary/aromatic N) is 1. The number of piperidine rings is 1. The fraction of sp³-hybridized carbons (Fsp3) is 0.729. The number of fused-ring (bicyclic) bond motifs is 4. The molecule has 1 aliphatic carbocycles. The second kappa shape index (κ2) is 25.8. The zero-order valence-electron chi connectivity index (χ0n) is 47.7. The number of Topliss-reactive ketones (excluding diaryl/α,β-unsaturated/α-hetero) is 2. The molecule has 16 heteroatoms. The predicted molar refractivity (Wildman–Crippen MR) is 292 cm³/mol. The molecule has 1 aromatic heterocycles. The van der Waals surface area contributed by atoms with Crippen LogP contribution in [0.5, 0.6) is 5.75 Å². The summed E-state index contributed by atoms with van der Waals surface area (Å²) in [7, 11) is 2.92. The van der Waals surface area contributed by atoms with Crippen molar-refractivity contribution < 1.29 is 62.2 Å². The molecule has 1 aromatic carbocycles. The van der Waals surface area contributed by atoms with Gasteiger partial charge in [-0.2, -0.15) is 0 Å². The van der Waals surface area contributed by atoms with Crippen molar-refractivity contribution in [1.29, 1.82) is 0 Å². The predicted octanol–water partition coefficient (Wildman–Crippen LogP) is 9.61. The van der Waals surface area contributed by atoms with E-state index in [0.29, 0.717) is 57.1 Å². The maximum absolute atomic E-state index is 14.7. The number of rotatable bonds is 12. The lowest BCUT2D eigenvalue weighted by Gasteiger charge is -2.47. The number of carbonyl (C=O) groups excluding carboxylic acids is 4. The number of esters is 1. The van der Waals surface area contributed by atoms with E-state index in [1.807, 2.05) is 39.0 Å². The van der Waals surface area contributed by atoms with E-state index < -0.39 is 86.1 Å². The summed E-state index contributed by atoms with van der Waals surface area (Å²) < 4.78 is 43.8. The maximum Gasteiger partial charge on any atom is 0.329 e. The minimum absolute atomic E-state index is 0.00399. The molecule has 75 heavy (non-hydrogen) atoms. The highest BCUT2D eigenvalue weighted by molar-refractivity contribution is 6.74. The van der Waals surface area contributed by atoms with Crippen LogP contribution in [0.4, 0.5) is 0 Å². The number of H-pyrrole nitrogens is 1. The fourth-order valence-corrected chi connectivity index (χ4v) is 12.7. The topological polar surface area (TPSA) is 192 Å². The van der Waals surface area contributed by atoms with Crippen molar-refractivity contribution in [2.45, 2.75) is 212 Å². The van der Waals surface area contributed by atoms with Crippen LogP contribution in [0.25, 0.3) is 10.9 Å². The number of aromatic amines is 1. The number of ketones is 2. The van der Waals surface area contributed by atoms with E-state index >= 15 is 0 Å². The van der Waals surface area contributed by atoms with E-state index in [1.54, 1.807) is 35.2 Å². The molecule has 4 heterocycles. The van der Waals surface area contributed by atoms with E-state index in [4.69, 9.17) is 32.8 Å². The molecule has 6 rings (SSSR count). The van der Waals surface area contributed by atoms with Crippen LogP contribution in [-0.4, -0.2) is 141 Å². The minimum Gasteiger partial charge on any atom is -0.488 e. The van der Waals surface area contributed by atoms with E-state index in [-0.39, 0.29) is 60.7 Å². The van der Waals surface area contributed by atoms with Crippen molar-refractivity contribution in [1.82, 2.24) is 9.88 Å². The van der Waals surface area contributed by atoms with Gasteiger partial charge in [0.1, 0.15) is 35.9 Å². The summed E-state index contributed by atoms with van der Waals surface area (Å²) in [5.74, 6) is -6.80. The molecule has 2 saturated heterocycles.